The molecule has 0 N–H and O–H groups in total. The Bertz CT molecular complexity index is 2550. The molecule has 5 heterocycles. The molecule has 0 bridgehead atoms. The Morgan fingerprint density at radius 1 is 0.610 bits per heavy atom. The Morgan fingerprint density at radius 2 is 1.49 bits per heavy atom. The van der Waals surface area contributed by atoms with E-state index >= 15 is 0 Å². The number of aromatic nitrogens is 5. The average Bonchev–Trinajstić information content (AvgIpc) is 3.70. The second-order valence-electron chi connectivity index (χ2n) is 10.9. The van der Waals surface area contributed by atoms with E-state index in [0.29, 0.717) is 0 Å². The van der Waals surface area contributed by atoms with Gasteiger partial charge in [0, 0.05) is 39.6 Å². The maximum atomic E-state index is 5.05. The summed E-state index contributed by atoms with van der Waals surface area (Å²) in [6.45, 7) is 0. The zero-order valence-corrected chi connectivity index (χ0v) is 21.9. The van der Waals surface area contributed by atoms with E-state index in [4.69, 9.17) is 9.97 Å². The van der Waals surface area contributed by atoms with Crippen LogP contribution in [0.2, 0.25) is 0 Å². The third-order valence-electron chi connectivity index (χ3n) is 8.85. The molecule has 9 aromatic rings. The molecule has 0 saturated heterocycles. The van der Waals surface area contributed by atoms with Crippen molar-refractivity contribution in [2.45, 2.75) is 6.42 Å². The van der Waals surface area contributed by atoms with Gasteiger partial charge in [-0.1, -0.05) is 42.5 Å². The van der Waals surface area contributed by atoms with Crippen LogP contribution in [0.1, 0.15) is 11.1 Å². The third kappa shape index (κ3) is 2.68. The molecule has 10 rings (SSSR count). The Labute approximate surface area is 234 Å². The molecular formula is C36H21N5. The molecule has 0 fully saturated rings. The molecule has 1 aliphatic carbocycles. The Morgan fingerprint density at radius 3 is 2.44 bits per heavy atom. The molecule has 0 spiro atoms. The van der Waals surface area contributed by atoms with E-state index in [1.165, 1.54) is 55.1 Å². The van der Waals surface area contributed by atoms with Crippen LogP contribution in [0.5, 0.6) is 0 Å². The number of rotatable bonds is 1. The highest BCUT2D eigenvalue weighted by molar-refractivity contribution is 6.17. The van der Waals surface area contributed by atoms with Gasteiger partial charge in [0.05, 0.1) is 22.7 Å². The van der Waals surface area contributed by atoms with E-state index in [9.17, 15) is 0 Å². The molecular weight excluding hydrogens is 502 g/mol. The van der Waals surface area contributed by atoms with Gasteiger partial charge >= 0.3 is 0 Å². The normalized spacial score (nSPS) is 12.8. The Hall–Kier alpha value is -5.55. The average molecular weight is 524 g/mol. The van der Waals surface area contributed by atoms with Gasteiger partial charge in [-0.05, 0) is 88.7 Å². The number of imidazole rings is 1. The van der Waals surface area contributed by atoms with E-state index in [1.807, 2.05) is 30.7 Å². The van der Waals surface area contributed by atoms with Gasteiger partial charge in [0.25, 0.3) is 0 Å². The lowest BCUT2D eigenvalue weighted by Crippen LogP contribution is -1.95. The summed E-state index contributed by atoms with van der Waals surface area (Å²) in [5, 5.41) is 6.10. The van der Waals surface area contributed by atoms with Gasteiger partial charge in [0.2, 0.25) is 0 Å². The first kappa shape index (κ1) is 21.3. The molecule has 0 amide bonds. The van der Waals surface area contributed by atoms with Crippen molar-refractivity contribution in [2.24, 2.45) is 0 Å². The summed E-state index contributed by atoms with van der Waals surface area (Å²) in [6.07, 6.45) is 6.42. The fourth-order valence-corrected chi connectivity index (χ4v) is 7.18. The molecule has 5 heteroatoms. The van der Waals surface area contributed by atoms with Crippen molar-refractivity contribution in [3.8, 4) is 16.8 Å². The molecule has 1 aliphatic rings. The summed E-state index contributed by atoms with van der Waals surface area (Å²) in [7, 11) is 0. The van der Waals surface area contributed by atoms with Crippen molar-refractivity contribution in [3.63, 3.8) is 0 Å². The molecule has 0 atom stereocenters. The van der Waals surface area contributed by atoms with Crippen LogP contribution in [-0.2, 0) is 6.42 Å². The molecule has 190 valence electrons. The summed E-state index contributed by atoms with van der Waals surface area (Å²) in [4.78, 5) is 14.2. The topological polar surface area (TPSA) is 48.0 Å². The van der Waals surface area contributed by atoms with Gasteiger partial charge in [-0.2, -0.15) is 0 Å². The largest absolute Gasteiger partial charge is 0.309 e. The smallest absolute Gasteiger partial charge is 0.147 e. The van der Waals surface area contributed by atoms with E-state index in [2.05, 4.69) is 98.9 Å². The van der Waals surface area contributed by atoms with E-state index in [0.717, 1.165) is 39.5 Å². The zero-order chi connectivity index (χ0) is 26.7. The minimum Gasteiger partial charge on any atom is -0.309 e. The maximum Gasteiger partial charge on any atom is 0.147 e. The van der Waals surface area contributed by atoms with Gasteiger partial charge in [0.1, 0.15) is 16.8 Å². The number of para-hydroxylation sites is 2. The van der Waals surface area contributed by atoms with Crippen molar-refractivity contribution >= 4 is 60.3 Å². The monoisotopic (exact) mass is 523 g/mol. The number of hydrogen-bond donors (Lipinski definition) is 0. The molecule has 5 aromatic heterocycles. The molecule has 0 radical (unpaired) electrons. The molecule has 4 aromatic carbocycles. The zero-order valence-electron chi connectivity index (χ0n) is 21.9. The minimum absolute atomic E-state index is 0.881. The first-order valence-electron chi connectivity index (χ1n) is 13.9. The van der Waals surface area contributed by atoms with Crippen LogP contribution < -0.4 is 0 Å². The molecule has 0 saturated carbocycles. The molecule has 0 unspecified atom stereocenters. The van der Waals surface area contributed by atoms with Crippen molar-refractivity contribution in [3.05, 3.63) is 127 Å². The first-order valence-corrected chi connectivity index (χ1v) is 13.9. The highest BCUT2D eigenvalue weighted by Gasteiger charge is 2.26. The fraction of sp³-hybridized carbons (Fsp3) is 0.0278. The van der Waals surface area contributed by atoms with Crippen molar-refractivity contribution in [2.75, 3.05) is 0 Å². The van der Waals surface area contributed by atoms with Gasteiger partial charge in [-0.3, -0.25) is 9.38 Å². The van der Waals surface area contributed by atoms with Gasteiger partial charge < -0.3 is 4.57 Å². The van der Waals surface area contributed by atoms with E-state index < -0.39 is 0 Å². The summed E-state index contributed by atoms with van der Waals surface area (Å²) >= 11 is 0. The first-order chi connectivity index (χ1) is 20.3. The number of fused-ring (bicyclic) bond motifs is 15. The predicted molar refractivity (Wildman–Crippen MR) is 166 cm³/mol. The second kappa shape index (κ2) is 7.55. The number of benzene rings is 4. The van der Waals surface area contributed by atoms with Gasteiger partial charge in [-0.25, -0.2) is 9.97 Å². The summed E-state index contributed by atoms with van der Waals surface area (Å²) in [6, 6.07) is 35.1. The number of pyridine rings is 3. The minimum atomic E-state index is 0.881. The SMILES string of the molecule is c1ccc(-n2c3ccccc3c3c4c(ccc32)-c2cc3c5cccnc5n5c6ccncc6nc5c3cc2C4)cc1. The van der Waals surface area contributed by atoms with Crippen molar-refractivity contribution < 1.29 is 0 Å². The van der Waals surface area contributed by atoms with Crippen LogP contribution in [0, 0.1) is 0 Å². The highest BCUT2D eigenvalue weighted by Crippen LogP contribution is 2.46. The summed E-state index contributed by atoms with van der Waals surface area (Å²) < 4.78 is 4.59. The Kier molecular flexibility index (Phi) is 3.92. The van der Waals surface area contributed by atoms with E-state index in [1.54, 1.807) is 0 Å². The molecule has 5 nitrogen and oxygen atoms in total. The summed E-state index contributed by atoms with van der Waals surface area (Å²) in [5.41, 5.74) is 12.8. The quantitative estimate of drug-likeness (QED) is 0.204. The van der Waals surface area contributed by atoms with Crippen LogP contribution in [0.4, 0.5) is 0 Å². The van der Waals surface area contributed by atoms with Gasteiger partial charge in [0.15, 0.2) is 0 Å². The lowest BCUT2D eigenvalue weighted by Gasteiger charge is -2.11. The van der Waals surface area contributed by atoms with E-state index in [-0.39, 0.29) is 0 Å². The standard InChI is InChI=1S/C36H21N5/c1-2-7-22(8-3-1)40-31-11-5-4-9-25(31)34-28-17-21-18-29-27(19-26(21)23(28)12-13-33(34)40)24-10-6-15-38-35(24)41-32-14-16-37-20-30(32)39-36(29)41/h1-16,18-20H,17H2. The van der Waals surface area contributed by atoms with Crippen LogP contribution in [0.3, 0.4) is 0 Å². The van der Waals surface area contributed by atoms with Crippen molar-refractivity contribution in [1.82, 2.24) is 23.9 Å². The second-order valence-corrected chi connectivity index (χ2v) is 10.9. The number of hydrogen-bond acceptors (Lipinski definition) is 3. The number of nitrogens with zero attached hydrogens (tertiary/aromatic N) is 5. The fourth-order valence-electron chi connectivity index (χ4n) is 7.18. The van der Waals surface area contributed by atoms with Crippen molar-refractivity contribution in [1.29, 1.82) is 0 Å². The lowest BCUT2D eigenvalue weighted by atomic mass is 9.98. The summed E-state index contributed by atoms with van der Waals surface area (Å²) in [5.74, 6) is 0. The Balaban J connectivity index is 1.31. The van der Waals surface area contributed by atoms with Gasteiger partial charge in [-0.15, -0.1) is 0 Å². The maximum absolute atomic E-state index is 5.05. The highest BCUT2D eigenvalue weighted by atomic mass is 15.1. The predicted octanol–water partition coefficient (Wildman–Crippen LogP) is 8.25. The molecule has 41 heavy (non-hydrogen) atoms. The van der Waals surface area contributed by atoms with Crippen LogP contribution >= 0.6 is 0 Å². The lowest BCUT2D eigenvalue weighted by molar-refractivity contribution is 1.18. The van der Waals surface area contributed by atoms with Crippen LogP contribution in [0.25, 0.3) is 77.1 Å². The van der Waals surface area contributed by atoms with Crippen LogP contribution in [0.15, 0.2) is 116 Å². The van der Waals surface area contributed by atoms with Crippen LogP contribution in [-0.4, -0.2) is 23.9 Å². The third-order valence-corrected chi connectivity index (χ3v) is 8.85. The molecule has 0 aliphatic heterocycles.